The van der Waals surface area contributed by atoms with Gasteiger partial charge in [-0.15, -0.1) is 0 Å². The Kier molecular flexibility index (Phi) is 7.68. The number of nitrogens with zero attached hydrogens (tertiary/aromatic N) is 2. The fraction of sp³-hybridized carbons (Fsp3) is 0.650. The molecule has 0 bridgehead atoms. The summed E-state index contributed by atoms with van der Waals surface area (Å²) in [6.45, 7) is 8.65. The quantitative estimate of drug-likeness (QED) is 0.570. The van der Waals surface area contributed by atoms with E-state index in [4.69, 9.17) is 0 Å². The van der Waals surface area contributed by atoms with Crippen LogP contribution in [0.15, 0.2) is 35.3 Å². The minimum Gasteiger partial charge on any atom is -0.355 e. The van der Waals surface area contributed by atoms with E-state index in [0.717, 1.165) is 32.5 Å². The van der Waals surface area contributed by atoms with Gasteiger partial charge >= 0.3 is 0 Å². The minimum atomic E-state index is -3.12. The Bertz CT molecular complexity index is 703. The summed E-state index contributed by atoms with van der Waals surface area (Å²) >= 11 is 0. The van der Waals surface area contributed by atoms with Crippen LogP contribution in [0, 0.1) is 0 Å². The number of rotatable bonds is 6. The van der Waals surface area contributed by atoms with Crippen molar-refractivity contribution in [3.8, 4) is 0 Å². The van der Waals surface area contributed by atoms with Gasteiger partial charge in [-0.25, -0.2) is 8.42 Å². The van der Waals surface area contributed by atoms with Crippen LogP contribution < -0.4 is 10.6 Å². The fourth-order valence-electron chi connectivity index (χ4n) is 3.08. The summed E-state index contributed by atoms with van der Waals surface area (Å²) in [7, 11) is -1.40. The molecule has 1 aliphatic rings. The van der Waals surface area contributed by atoms with Crippen molar-refractivity contribution in [3.63, 3.8) is 0 Å². The Morgan fingerprint density at radius 1 is 1.19 bits per heavy atom. The maximum atomic E-state index is 12.2. The summed E-state index contributed by atoms with van der Waals surface area (Å²) in [6.07, 6.45) is 2.10. The molecule has 1 fully saturated rings. The zero-order chi connectivity index (χ0) is 19.9. The molecule has 1 aromatic rings. The number of nitrogens with one attached hydrogen (secondary N) is 2. The van der Waals surface area contributed by atoms with Crippen LogP contribution in [0.1, 0.15) is 39.2 Å². The molecule has 2 rings (SSSR count). The molecule has 0 radical (unpaired) electrons. The zero-order valence-electron chi connectivity index (χ0n) is 17.0. The highest BCUT2D eigenvalue weighted by molar-refractivity contribution is 7.92. The predicted molar refractivity (Wildman–Crippen MR) is 113 cm³/mol. The average Bonchev–Trinajstić information content (AvgIpc) is 2.62. The first-order valence-corrected chi connectivity index (χ1v) is 11.3. The van der Waals surface area contributed by atoms with Gasteiger partial charge < -0.3 is 10.6 Å². The largest absolute Gasteiger partial charge is 0.355 e. The molecule has 152 valence electrons. The van der Waals surface area contributed by atoms with Crippen molar-refractivity contribution in [2.75, 3.05) is 32.4 Å². The first kappa shape index (κ1) is 21.7. The first-order chi connectivity index (χ1) is 12.7. The standard InChI is InChI=1S/C20H34N4O2S/c1-20(2,3)27(25,26)15-12-22-19(21-4)23-18-10-13-24(14-11-18)16-17-8-6-5-7-9-17/h5-9,18H,10-16H2,1-4H3,(H2,21,22,23). The van der Waals surface area contributed by atoms with E-state index in [1.165, 1.54) is 5.56 Å². The summed E-state index contributed by atoms with van der Waals surface area (Å²) in [5, 5.41) is 6.57. The molecule has 1 aliphatic heterocycles. The first-order valence-electron chi connectivity index (χ1n) is 9.67. The Balaban J connectivity index is 1.73. The van der Waals surface area contributed by atoms with Crippen LogP contribution in [0.3, 0.4) is 0 Å². The lowest BCUT2D eigenvalue weighted by Crippen LogP contribution is -2.49. The van der Waals surface area contributed by atoms with Crippen LogP contribution in [-0.4, -0.2) is 62.5 Å². The Morgan fingerprint density at radius 3 is 2.37 bits per heavy atom. The van der Waals surface area contributed by atoms with Gasteiger partial charge in [0, 0.05) is 39.3 Å². The van der Waals surface area contributed by atoms with Gasteiger partial charge in [-0.1, -0.05) is 30.3 Å². The van der Waals surface area contributed by atoms with Crippen molar-refractivity contribution in [3.05, 3.63) is 35.9 Å². The Morgan fingerprint density at radius 2 is 1.81 bits per heavy atom. The van der Waals surface area contributed by atoms with Gasteiger partial charge in [-0.3, -0.25) is 9.89 Å². The van der Waals surface area contributed by atoms with E-state index in [2.05, 4.69) is 44.8 Å². The van der Waals surface area contributed by atoms with Gasteiger partial charge in [0.15, 0.2) is 15.8 Å². The van der Waals surface area contributed by atoms with E-state index in [1.54, 1.807) is 27.8 Å². The van der Waals surface area contributed by atoms with Crippen LogP contribution in [0.4, 0.5) is 0 Å². The number of likely N-dealkylation sites (tertiary alicyclic amines) is 1. The van der Waals surface area contributed by atoms with Crippen molar-refractivity contribution in [2.45, 2.75) is 50.9 Å². The monoisotopic (exact) mass is 394 g/mol. The number of sulfone groups is 1. The number of hydrogen-bond acceptors (Lipinski definition) is 4. The topological polar surface area (TPSA) is 73.8 Å². The molecule has 0 atom stereocenters. The molecule has 0 unspecified atom stereocenters. The third-order valence-corrected chi connectivity index (χ3v) is 7.60. The second-order valence-electron chi connectivity index (χ2n) is 8.11. The zero-order valence-corrected chi connectivity index (χ0v) is 17.8. The molecule has 1 heterocycles. The molecule has 1 aromatic carbocycles. The summed E-state index contributed by atoms with van der Waals surface area (Å²) in [4.78, 5) is 6.71. The number of hydrogen-bond donors (Lipinski definition) is 2. The van der Waals surface area contributed by atoms with Crippen molar-refractivity contribution in [2.24, 2.45) is 4.99 Å². The summed E-state index contributed by atoms with van der Waals surface area (Å²) in [6, 6.07) is 10.9. The summed E-state index contributed by atoms with van der Waals surface area (Å²) in [5.41, 5.74) is 1.35. The molecule has 0 spiro atoms. The van der Waals surface area contributed by atoms with Crippen LogP contribution in [0.2, 0.25) is 0 Å². The average molecular weight is 395 g/mol. The summed E-state index contributed by atoms with van der Waals surface area (Å²) in [5.74, 6) is 0.785. The Labute approximate surface area is 164 Å². The van der Waals surface area contributed by atoms with Crippen molar-refractivity contribution < 1.29 is 8.42 Å². The van der Waals surface area contributed by atoms with Gasteiger partial charge in [0.05, 0.1) is 10.5 Å². The molecule has 6 nitrogen and oxygen atoms in total. The molecule has 27 heavy (non-hydrogen) atoms. The fourth-order valence-corrected chi connectivity index (χ4v) is 4.06. The van der Waals surface area contributed by atoms with E-state index in [0.29, 0.717) is 18.5 Å². The molecule has 1 saturated heterocycles. The predicted octanol–water partition coefficient (Wildman–Crippen LogP) is 2.03. The minimum absolute atomic E-state index is 0.104. The second kappa shape index (κ2) is 9.55. The van der Waals surface area contributed by atoms with Crippen LogP contribution in [-0.2, 0) is 16.4 Å². The Hall–Kier alpha value is -1.60. The molecular formula is C20H34N4O2S. The van der Waals surface area contributed by atoms with Crippen LogP contribution in [0.25, 0.3) is 0 Å². The highest BCUT2D eigenvalue weighted by Crippen LogP contribution is 2.15. The third kappa shape index (κ3) is 6.81. The lowest BCUT2D eigenvalue weighted by Gasteiger charge is -2.33. The lowest BCUT2D eigenvalue weighted by molar-refractivity contribution is 0.198. The molecule has 2 N–H and O–H groups in total. The molecular weight excluding hydrogens is 360 g/mol. The lowest BCUT2D eigenvalue weighted by atomic mass is 10.0. The van der Waals surface area contributed by atoms with E-state index in [9.17, 15) is 8.42 Å². The normalized spacial score (nSPS) is 17.7. The molecule has 0 saturated carbocycles. The smallest absolute Gasteiger partial charge is 0.191 e. The van der Waals surface area contributed by atoms with E-state index in [1.807, 2.05) is 6.07 Å². The maximum Gasteiger partial charge on any atom is 0.191 e. The van der Waals surface area contributed by atoms with Crippen molar-refractivity contribution in [1.29, 1.82) is 0 Å². The third-order valence-electron chi connectivity index (χ3n) is 5.00. The molecule has 0 amide bonds. The van der Waals surface area contributed by atoms with Crippen molar-refractivity contribution >= 4 is 15.8 Å². The van der Waals surface area contributed by atoms with Gasteiger partial charge in [-0.2, -0.15) is 0 Å². The van der Waals surface area contributed by atoms with Gasteiger partial charge in [0.1, 0.15) is 0 Å². The highest BCUT2D eigenvalue weighted by atomic mass is 32.2. The number of benzene rings is 1. The highest BCUT2D eigenvalue weighted by Gasteiger charge is 2.28. The second-order valence-corrected chi connectivity index (χ2v) is 11.0. The number of aliphatic imine (C=N–C) groups is 1. The van der Waals surface area contributed by atoms with E-state index in [-0.39, 0.29) is 5.75 Å². The molecule has 7 heteroatoms. The summed E-state index contributed by atoms with van der Waals surface area (Å²) < 4.78 is 23.7. The molecule has 0 aromatic heterocycles. The maximum absolute atomic E-state index is 12.2. The van der Waals surface area contributed by atoms with Gasteiger partial charge in [0.25, 0.3) is 0 Å². The van der Waals surface area contributed by atoms with E-state index < -0.39 is 14.6 Å². The SMILES string of the molecule is CN=C(NCCS(=O)(=O)C(C)(C)C)NC1CCN(Cc2ccccc2)CC1. The van der Waals surface area contributed by atoms with E-state index >= 15 is 0 Å². The van der Waals surface area contributed by atoms with Gasteiger partial charge in [-0.05, 0) is 39.2 Å². The van der Waals surface area contributed by atoms with Crippen LogP contribution in [0.5, 0.6) is 0 Å². The van der Waals surface area contributed by atoms with Crippen LogP contribution >= 0.6 is 0 Å². The molecule has 0 aliphatic carbocycles. The number of piperidine rings is 1. The van der Waals surface area contributed by atoms with Crippen molar-refractivity contribution in [1.82, 2.24) is 15.5 Å². The van der Waals surface area contributed by atoms with Gasteiger partial charge in [0.2, 0.25) is 0 Å². The number of guanidine groups is 1.